The van der Waals surface area contributed by atoms with Gasteiger partial charge >= 0.3 is 13.6 Å². The lowest BCUT2D eigenvalue weighted by Crippen LogP contribution is -1.97. The Hall–Kier alpha value is -0.870. The third-order valence-corrected chi connectivity index (χ3v) is 2.45. The molecule has 0 saturated heterocycles. The van der Waals surface area contributed by atoms with Gasteiger partial charge in [0, 0.05) is 0 Å². The minimum Gasteiger partial charge on any atom is -0.375 e. The smallest absolute Gasteiger partial charge is 0.375 e. The summed E-state index contributed by atoms with van der Waals surface area (Å²) in [6.45, 7) is 0. The summed E-state index contributed by atoms with van der Waals surface area (Å²) in [6, 6.07) is 0. The predicted octanol–water partition coefficient (Wildman–Crippen LogP) is 1.55. The van der Waals surface area contributed by atoms with Crippen LogP contribution in [0, 0.1) is 11.5 Å². The topological polar surface area (TPSA) is 50.1 Å². The molecule has 2 atom stereocenters. The number of nitriles is 1. The molecule has 0 aromatic rings. The van der Waals surface area contributed by atoms with Gasteiger partial charge in [-0.2, -0.15) is 5.26 Å². The van der Waals surface area contributed by atoms with Crippen LogP contribution in [-0.4, -0.2) is 5.85 Å². The summed E-state index contributed by atoms with van der Waals surface area (Å²) in [6.07, 6.45) is 3.88. The first-order valence-electron chi connectivity index (χ1n) is 2.51. The minimum atomic E-state index is -1.41. The average molecular weight is 142 g/mol. The molecule has 0 amide bonds. The van der Waals surface area contributed by atoms with Crippen LogP contribution in [0.25, 0.3) is 0 Å². The third-order valence-electron chi connectivity index (χ3n) is 1.06. The summed E-state index contributed by atoms with van der Waals surface area (Å²) in [7, 11) is -1.41. The molecule has 9 heavy (non-hydrogen) atoms. The second-order valence-electron chi connectivity index (χ2n) is 1.64. The Bertz CT molecular complexity index is 194. The van der Waals surface area contributed by atoms with Gasteiger partial charge in [0.15, 0.2) is 5.82 Å². The fraction of sp³-hybridized carbons (Fsp3) is 0.400. The quantitative estimate of drug-likeness (QED) is 0.412. The molecule has 0 aromatic carbocycles. The molecule has 0 aliphatic carbocycles. The van der Waals surface area contributed by atoms with Gasteiger partial charge in [0.1, 0.15) is 0 Å². The van der Waals surface area contributed by atoms with Crippen LogP contribution in [0.2, 0.25) is 0 Å². The Balaban J connectivity index is 2.48. The van der Waals surface area contributed by atoms with Gasteiger partial charge in [-0.1, -0.05) is 4.57 Å². The van der Waals surface area contributed by atoms with Gasteiger partial charge in [0.25, 0.3) is 6.26 Å². The average Bonchev–Trinajstić information content (AvgIpc) is 2.18. The largest absolute Gasteiger partial charge is 0.414 e. The van der Waals surface area contributed by atoms with E-state index in [2.05, 4.69) is 4.74 Å². The molecule has 1 heterocycles. The van der Waals surface area contributed by atoms with Crippen molar-refractivity contribution in [3.63, 3.8) is 0 Å². The molecule has 0 bridgehead atoms. The normalized spacial score (nSPS) is 27.9. The highest BCUT2D eigenvalue weighted by molar-refractivity contribution is 7.49. The number of nitrogens with zero attached hydrogens (tertiary/aromatic N) is 1. The highest BCUT2D eigenvalue weighted by atomic mass is 31.1. The number of rotatable bonds is 1. The first-order valence-corrected chi connectivity index (χ1v) is 3.91. The van der Waals surface area contributed by atoms with Gasteiger partial charge in [0.2, 0.25) is 0 Å². The van der Waals surface area contributed by atoms with Crippen molar-refractivity contribution in [2.75, 3.05) is 0 Å². The Morgan fingerprint density at radius 3 is 3.11 bits per heavy atom. The number of hydrogen-bond acceptors (Lipinski definition) is 3. The highest BCUT2D eigenvalue weighted by Gasteiger charge is 2.33. The monoisotopic (exact) mass is 142 g/mol. The van der Waals surface area contributed by atoms with Gasteiger partial charge in [-0.25, -0.2) is 0 Å². The molecule has 46 valence electrons. The van der Waals surface area contributed by atoms with Crippen LogP contribution in [0.15, 0.2) is 11.9 Å². The zero-order valence-corrected chi connectivity index (χ0v) is 5.54. The van der Waals surface area contributed by atoms with Gasteiger partial charge < -0.3 is 4.74 Å². The summed E-state index contributed by atoms with van der Waals surface area (Å²) < 4.78 is 15.2. The molecule has 1 aliphatic heterocycles. The van der Waals surface area contributed by atoms with Crippen LogP contribution >= 0.6 is 7.80 Å². The van der Waals surface area contributed by atoms with E-state index < -0.39 is 7.80 Å². The molecule has 2 unspecified atom stereocenters. The van der Waals surface area contributed by atoms with Crippen molar-refractivity contribution in [1.82, 2.24) is 0 Å². The maximum absolute atomic E-state index is 10.7. The molecule has 0 saturated carbocycles. The third kappa shape index (κ3) is 1.28. The zero-order valence-electron chi connectivity index (χ0n) is 4.65. The summed E-state index contributed by atoms with van der Waals surface area (Å²) in [5.41, 5.74) is 0. The molecule has 0 radical (unpaired) electrons. The molecule has 0 N–H and O–H groups in total. The lowest BCUT2D eigenvalue weighted by molar-refractivity contribution is 0.239. The molecule has 0 fully saturated rings. The Morgan fingerprint density at radius 1 is 1.89 bits per heavy atom. The molecule has 1 aliphatic rings. The van der Waals surface area contributed by atoms with Crippen molar-refractivity contribution in [3.05, 3.63) is 11.9 Å². The number of ether oxygens (including phenoxy) is 1. The van der Waals surface area contributed by atoms with E-state index in [9.17, 15) is 4.57 Å². The highest BCUT2D eigenvalue weighted by Crippen LogP contribution is 2.38. The summed E-state index contributed by atoms with van der Waals surface area (Å²) in [5, 5.41) is 8.02. The standard InChI is InChI=1S/C5H5NO2P/c6-4-8-5-2-1-3-9(5)7/h1,3,5H,2H2/q+1. The van der Waals surface area contributed by atoms with Crippen molar-refractivity contribution in [1.29, 1.82) is 5.26 Å². The SMILES string of the molecule is N#COC1CC=C[P+]1=O. The van der Waals surface area contributed by atoms with Crippen LogP contribution in [0.5, 0.6) is 0 Å². The van der Waals surface area contributed by atoms with Crippen LogP contribution in [0.4, 0.5) is 0 Å². The van der Waals surface area contributed by atoms with Gasteiger partial charge in [-0.15, -0.1) is 0 Å². The van der Waals surface area contributed by atoms with E-state index in [0.29, 0.717) is 6.42 Å². The molecule has 1 rings (SSSR count). The lowest BCUT2D eigenvalue weighted by atomic mass is 10.5. The van der Waals surface area contributed by atoms with Crippen molar-refractivity contribution in [2.45, 2.75) is 12.3 Å². The van der Waals surface area contributed by atoms with E-state index in [4.69, 9.17) is 5.26 Å². The van der Waals surface area contributed by atoms with Crippen LogP contribution in [0.1, 0.15) is 6.42 Å². The van der Waals surface area contributed by atoms with Crippen molar-refractivity contribution in [2.24, 2.45) is 0 Å². The van der Waals surface area contributed by atoms with E-state index >= 15 is 0 Å². The first kappa shape index (κ1) is 6.25. The Labute approximate surface area is 53.7 Å². The van der Waals surface area contributed by atoms with Crippen molar-refractivity contribution < 1.29 is 9.30 Å². The van der Waals surface area contributed by atoms with Crippen LogP contribution in [0.3, 0.4) is 0 Å². The Kier molecular flexibility index (Phi) is 1.81. The molecule has 4 heteroatoms. The minimum absolute atomic E-state index is 0.384. The first-order chi connectivity index (χ1) is 4.34. The summed E-state index contributed by atoms with van der Waals surface area (Å²) >= 11 is 0. The number of hydrogen-bond donors (Lipinski definition) is 0. The van der Waals surface area contributed by atoms with E-state index in [1.807, 2.05) is 0 Å². The summed E-state index contributed by atoms with van der Waals surface area (Å²) in [4.78, 5) is 0. The van der Waals surface area contributed by atoms with Gasteiger partial charge in [-0.3, -0.25) is 0 Å². The van der Waals surface area contributed by atoms with Crippen LogP contribution < -0.4 is 0 Å². The van der Waals surface area contributed by atoms with E-state index in [1.54, 1.807) is 11.9 Å². The zero-order chi connectivity index (χ0) is 6.69. The van der Waals surface area contributed by atoms with E-state index in [-0.39, 0.29) is 5.85 Å². The maximum atomic E-state index is 10.7. The second kappa shape index (κ2) is 2.61. The van der Waals surface area contributed by atoms with Gasteiger partial charge in [0.05, 0.1) is 6.42 Å². The molecule has 0 aromatic heterocycles. The molecule has 0 spiro atoms. The molecular formula is C5H5NO2P+. The summed E-state index contributed by atoms with van der Waals surface area (Å²) in [5.74, 6) is 1.20. The van der Waals surface area contributed by atoms with Crippen molar-refractivity contribution in [3.8, 4) is 6.26 Å². The second-order valence-corrected chi connectivity index (χ2v) is 3.24. The van der Waals surface area contributed by atoms with Crippen molar-refractivity contribution >= 4 is 7.80 Å². The maximum Gasteiger partial charge on any atom is 0.414 e. The predicted molar refractivity (Wildman–Crippen MR) is 31.8 cm³/mol. The molecular weight excluding hydrogens is 137 g/mol. The fourth-order valence-corrected chi connectivity index (χ4v) is 1.64. The Morgan fingerprint density at radius 2 is 2.67 bits per heavy atom. The fourth-order valence-electron chi connectivity index (χ4n) is 0.642. The van der Waals surface area contributed by atoms with Crippen LogP contribution in [-0.2, 0) is 9.30 Å². The lowest BCUT2D eigenvalue weighted by Gasteiger charge is -1.90. The molecule has 3 nitrogen and oxygen atoms in total. The van der Waals surface area contributed by atoms with E-state index in [1.165, 1.54) is 6.26 Å². The van der Waals surface area contributed by atoms with Gasteiger partial charge in [-0.05, 0) is 6.08 Å². The van der Waals surface area contributed by atoms with E-state index in [0.717, 1.165) is 0 Å².